The van der Waals surface area contributed by atoms with E-state index in [2.05, 4.69) is 4.98 Å². The second-order valence-corrected chi connectivity index (χ2v) is 3.84. The fourth-order valence-corrected chi connectivity index (χ4v) is 2.31. The Bertz CT molecular complexity index is 557. The van der Waals surface area contributed by atoms with Crippen LogP contribution in [0.15, 0.2) is 6.07 Å². The zero-order valence-electron chi connectivity index (χ0n) is 7.83. The maximum Gasteiger partial charge on any atom is 0.195 e. The Morgan fingerprint density at radius 1 is 1.07 bits per heavy atom. The number of aromatic amines is 1. The average Bonchev–Trinajstić information content (AvgIpc) is 2.73. The second kappa shape index (κ2) is 2.78. The van der Waals surface area contributed by atoms with Crippen molar-refractivity contribution >= 4 is 10.9 Å². The number of H-pyrrole nitrogens is 1. The number of rotatable bonds is 0. The predicted octanol–water partition coefficient (Wildman–Crippen LogP) is 3.07. The summed E-state index contributed by atoms with van der Waals surface area (Å²) in [6.45, 7) is 0. The highest BCUT2D eigenvalue weighted by Gasteiger charge is 2.23. The summed E-state index contributed by atoms with van der Waals surface area (Å²) in [5, 5.41) is 0.224. The smallest absolute Gasteiger partial charge is 0.195 e. The van der Waals surface area contributed by atoms with Gasteiger partial charge < -0.3 is 4.98 Å². The van der Waals surface area contributed by atoms with E-state index in [-0.39, 0.29) is 5.39 Å². The summed E-state index contributed by atoms with van der Waals surface area (Å²) in [6, 6.07) is 1.02. The maximum atomic E-state index is 13.5. The van der Waals surface area contributed by atoms with E-state index in [4.69, 9.17) is 0 Å². The lowest BCUT2D eigenvalue weighted by Gasteiger charge is -1.99. The average molecular weight is 211 g/mol. The third-order valence-electron chi connectivity index (χ3n) is 2.97. The van der Waals surface area contributed by atoms with Crippen molar-refractivity contribution in [3.63, 3.8) is 0 Å². The lowest BCUT2D eigenvalue weighted by atomic mass is 10.1. The van der Waals surface area contributed by atoms with Crippen LogP contribution in [0, 0.1) is 17.5 Å². The molecule has 1 aliphatic carbocycles. The quantitative estimate of drug-likeness (QED) is 0.644. The largest absolute Gasteiger partial charge is 0.358 e. The minimum atomic E-state index is -1.38. The highest BCUT2D eigenvalue weighted by atomic mass is 19.2. The lowest BCUT2D eigenvalue weighted by molar-refractivity contribution is 0.453. The van der Waals surface area contributed by atoms with Gasteiger partial charge in [0.2, 0.25) is 0 Å². The minimum Gasteiger partial charge on any atom is -0.358 e. The van der Waals surface area contributed by atoms with Crippen molar-refractivity contribution < 1.29 is 13.2 Å². The van der Waals surface area contributed by atoms with Crippen LogP contribution in [0.4, 0.5) is 13.2 Å². The molecule has 1 heterocycles. The van der Waals surface area contributed by atoms with Crippen LogP contribution >= 0.6 is 0 Å². The summed E-state index contributed by atoms with van der Waals surface area (Å²) in [5.74, 6) is -3.58. The first-order valence-corrected chi connectivity index (χ1v) is 4.85. The Balaban J connectivity index is 2.46. The summed E-state index contributed by atoms with van der Waals surface area (Å²) in [4.78, 5) is 2.94. The molecule has 0 atom stereocenters. The fourth-order valence-electron chi connectivity index (χ4n) is 2.31. The molecule has 1 aliphatic rings. The van der Waals surface area contributed by atoms with Crippen molar-refractivity contribution in [2.24, 2.45) is 0 Å². The minimum absolute atomic E-state index is 0.224. The first-order valence-electron chi connectivity index (χ1n) is 4.85. The zero-order chi connectivity index (χ0) is 10.6. The number of aryl methyl sites for hydroxylation is 2. The van der Waals surface area contributed by atoms with Crippen molar-refractivity contribution in [1.82, 2.24) is 4.98 Å². The van der Waals surface area contributed by atoms with E-state index in [0.29, 0.717) is 5.52 Å². The van der Waals surface area contributed by atoms with Gasteiger partial charge in [-0.2, -0.15) is 0 Å². The fraction of sp³-hybridized carbons (Fsp3) is 0.273. The summed E-state index contributed by atoms with van der Waals surface area (Å²) in [7, 11) is 0. The summed E-state index contributed by atoms with van der Waals surface area (Å²) in [5.41, 5.74) is 2.08. The normalized spacial score (nSPS) is 14.9. The van der Waals surface area contributed by atoms with Gasteiger partial charge in [-0.05, 0) is 24.8 Å². The van der Waals surface area contributed by atoms with Gasteiger partial charge in [-0.15, -0.1) is 0 Å². The van der Waals surface area contributed by atoms with E-state index in [9.17, 15) is 13.2 Å². The molecule has 0 fully saturated rings. The molecule has 1 aromatic heterocycles. The van der Waals surface area contributed by atoms with Crippen LogP contribution in [0.3, 0.4) is 0 Å². The Hall–Kier alpha value is -1.45. The molecule has 15 heavy (non-hydrogen) atoms. The van der Waals surface area contributed by atoms with Crippen molar-refractivity contribution in [1.29, 1.82) is 0 Å². The highest BCUT2D eigenvalue weighted by Crippen LogP contribution is 2.33. The Kier molecular flexibility index (Phi) is 1.63. The van der Waals surface area contributed by atoms with Crippen molar-refractivity contribution in [2.75, 3.05) is 0 Å². The molecule has 0 spiro atoms. The van der Waals surface area contributed by atoms with Gasteiger partial charge in [0, 0.05) is 17.1 Å². The van der Waals surface area contributed by atoms with Crippen LogP contribution in [0.5, 0.6) is 0 Å². The van der Waals surface area contributed by atoms with E-state index < -0.39 is 17.5 Å². The number of halogens is 3. The van der Waals surface area contributed by atoms with Crippen molar-refractivity contribution in [3.8, 4) is 0 Å². The number of hydrogen-bond donors (Lipinski definition) is 1. The van der Waals surface area contributed by atoms with Crippen LogP contribution in [0.1, 0.15) is 17.7 Å². The Labute approximate surface area is 83.9 Å². The maximum absolute atomic E-state index is 13.5. The highest BCUT2D eigenvalue weighted by molar-refractivity contribution is 5.86. The number of fused-ring (bicyclic) bond motifs is 3. The molecule has 0 amide bonds. The van der Waals surface area contributed by atoms with E-state index in [1.165, 1.54) is 0 Å². The first-order chi connectivity index (χ1) is 7.18. The molecule has 0 unspecified atom stereocenters. The van der Waals surface area contributed by atoms with Gasteiger partial charge in [0.1, 0.15) is 0 Å². The number of benzene rings is 1. The van der Waals surface area contributed by atoms with E-state index >= 15 is 0 Å². The third kappa shape index (κ3) is 1.05. The van der Waals surface area contributed by atoms with E-state index in [0.717, 1.165) is 36.6 Å². The molecule has 1 nitrogen and oxygen atoms in total. The standard InChI is InChI=1S/C11H8F3N/c12-6-4-8-9(11(14)10(6)13)5-2-1-3-7(5)15-8/h4,15H,1-3H2. The summed E-state index contributed by atoms with van der Waals surface area (Å²) >= 11 is 0. The van der Waals surface area contributed by atoms with Crippen LogP contribution < -0.4 is 0 Å². The van der Waals surface area contributed by atoms with Crippen LogP contribution in [-0.2, 0) is 12.8 Å². The van der Waals surface area contributed by atoms with Gasteiger partial charge in [0.15, 0.2) is 17.5 Å². The lowest BCUT2D eigenvalue weighted by Crippen LogP contribution is -1.92. The molecule has 1 aromatic carbocycles. The summed E-state index contributed by atoms with van der Waals surface area (Å²) < 4.78 is 39.5. The molecule has 0 aliphatic heterocycles. The number of hydrogen-bond acceptors (Lipinski definition) is 0. The Morgan fingerprint density at radius 2 is 1.87 bits per heavy atom. The topological polar surface area (TPSA) is 15.8 Å². The molecule has 78 valence electrons. The molecule has 4 heteroatoms. The van der Waals surface area contributed by atoms with E-state index in [1.807, 2.05) is 0 Å². The van der Waals surface area contributed by atoms with Crippen LogP contribution in [-0.4, -0.2) is 4.98 Å². The SMILES string of the molecule is Fc1cc2[nH]c3c(c2c(F)c1F)CCC3. The molecule has 0 bridgehead atoms. The summed E-state index contributed by atoms with van der Waals surface area (Å²) in [6.07, 6.45) is 2.50. The molecule has 0 radical (unpaired) electrons. The van der Waals surface area contributed by atoms with Gasteiger partial charge in [0.25, 0.3) is 0 Å². The zero-order valence-corrected chi connectivity index (χ0v) is 7.83. The molecular weight excluding hydrogens is 203 g/mol. The van der Waals surface area contributed by atoms with Gasteiger partial charge >= 0.3 is 0 Å². The predicted molar refractivity (Wildman–Crippen MR) is 50.2 cm³/mol. The molecular formula is C11H8F3N. The van der Waals surface area contributed by atoms with Crippen molar-refractivity contribution in [2.45, 2.75) is 19.3 Å². The molecule has 1 N–H and O–H groups in total. The van der Waals surface area contributed by atoms with Gasteiger partial charge in [-0.1, -0.05) is 0 Å². The van der Waals surface area contributed by atoms with Crippen molar-refractivity contribution in [3.05, 3.63) is 34.8 Å². The van der Waals surface area contributed by atoms with Gasteiger partial charge in [-0.25, -0.2) is 13.2 Å². The van der Waals surface area contributed by atoms with Crippen LogP contribution in [0.2, 0.25) is 0 Å². The van der Waals surface area contributed by atoms with Gasteiger partial charge in [-0.3, -0.25) is 0 Å². The van der Waals surface area contributed by atoms with Gasteiger partial charge in [0.05, 0.1) is 5.52 Å². The molecule has 0 saturated carbocycles. The number of nitrogens with one attached hydrogen (secondary N) is 1. The number of aromatic nitrogens is 1. The Morgan fingerprint density at radius 3 is 2.67 bits per heavy atom. The van der Waals surface area contributed by atoms with Crippen LogP contribution in [0.25, 0.3) is 10.9 Å². The molecule has 0 saturated heterocycles. The second-order valence-electron chi connectivity index (χ2n) is 3.84. The molecule has 3 rings (SSSR count). The molecule has 2 aromatic rings. The first kappa shape index (κ1) is 8.83. The monoisotopic (exact) mass is 211 g/mol. The third-order valence-corrected chi connectivity index (χ3v) is 2.97. The van der Waals surface area contributed by atoms with E-state index in [1.54, 1.807) is 0 Å².